The van der Waals surface area contributed by atoms with E-state index in [1.54, 1.807) is 0 Å². The quantitative estimate of drug-likeness (QED) is 0.664. The standard InChI is InChI=1S/C13H26N2O3/c1-2-18-13-7-11(8-13)14-9-12(16)10-15-3-5-17-6-4-15/h11-14,16H,2-10H2,1H3. The molecule has 5 heteroatoms. The van der Waals surface area contributed by atoms with Crippen LogP contribution < -0.4 is 5.32 Å². The van der Waals surface area contributed by atoms with Gasteiger partial charge < -0.3 is 19.9 Å². The highest BCUT2D eigenvalue weighted by atomic mass is 16.5. The number of morpholine rings is 1. The highest BCUT2D eigenvalue weighted by Gasteiger charge is 2.29. The second-order valence-corrected chi connectivity index (χ2v) is 5.22. The van der Waals surface area contributed by atoms with Crippen molar-refractivity contribution in [2.24, 2.45) is 0 Å². The van der Waals surface area contributed by atoms with E-state index in [0.717, 1.165) is 52.3 Å². The monoisotopic (exact) mass is 258 g/mol. The van der Waals surface area contributed by atoms with E-state index in [2.05, 4.69) is 10.2 Å². The smallest absolute Gasteiger partial charge is 0.0791 e. The van der Waals surface area contributed by atoms with Gasteiger partial charge >= 0.3 is 0 Å². The number of aliphatic hydroxyl groups is 1. The number of nitrogens with zero attached hydrogens (tertiary/aromatic N) is 1. The molecule has 18 heavy (non-hydrogen) atoms. The number of hydrogen-bond donors (Lipinski definition) is 2. The van der Waals surface area contributed by atoms with Gasteiger partial charge in [0.2, 0.25) is 0 Å². The summed E-state index contributed by atoms with van der Waals surface area (Å²) in [5.74, 6) is 0. The summed E-state index contributed by atoms with van der Waals surface area (Å²) in [6, 6.07) is 0.529. The van der Waals surface area contributed by atoms with Gasteiger partial charge in [0.25, 0.3) is 0 Å². The van der Waals surface area contributed by atoms with E-state index in [4.69, 9.17) is 9.47 Å². The lowest BCUT2D eigenvalue weighted by molar-refractivity contribution is -0.0156. The van der Waals surface area contributed by atoms with Crippen molar-refractivity contribution < 1.29 is 14.6 Å². The number of hydrogen-bond acceptors (Lipinski definition) is 5. The Morgan fingerprint density at radius 3 is 2.78 bits per heavy atom. The van der Waals surface area contributed by atoms with Gasteiger partial charge in [0, 0.05) is 38.8 Å². The average Bonchev–Trinajstić information content (AvgIpc) is 2.33. The zero-order chi connectivity index (χ0) is 12.8. The summed E-state index contributed by atoms with van der Waals surface area (Å²) in [7, 11) is 0. The predicted molar refractivity (Wildman–Crippen MR) is 69.7 cm³/mol. The molecule has 0 radical (unpaired) electrons. The first-order chi connectivity index (χ1) is 8.78. The van der Waals surface area contributed by atoms with Gasteiger partial charge in [-0.05, 0) is 19.8 Å². The van der Waals surface area contributed by atoms with Crippen molar-refractivity contribution in [2.45, 2.75) is 38.0 Å². The van der Waals surface area contributed by atoms with Crippen molar-refractivity contribution in [3.63, 3.8) is 0 Å². The average molecular weight is 258 g/mol. The first-order valence-corrected chi connectivity index (χ1v) is 7.11. The zero-order valence-corrected chi connectivity index (χ0v) is 11.3. The lowest BCUT2D eigenvalue weighted by Gasteiger charge is -2.36. The first-order valence-electron chi connectivity index (χ1n) is 7.11. The van der Waals surface area contributed by atoms with Gasteiger partial charge in [0.05, 0.1) is 25.4 Å². The van der Waals surface area contributed by atoms with Crippen LogP contribution in [0.1, 0.15) is 19.8 Å². The molecule has 2 fully saturated rings. The van der Waals surface area contributed by atoms with Crippen LogP contribution in [0.5, 0.6) is 0 Å². The summed E-state index contributed by atoms with van der Waals surface area (Å²) in [4.78, 5) is 2.26. The molecular formula is C13H26N2O3. The molecule has 0 spiro atoms. The van der Waals surface area contributed by atoms with E-state index in [1.807, 2.05) is 6.92 Å². The number of rotatable bonds is 7. The molecule has 1 saturated carbocycles. The van der Waals surface area contributed by atoms with Crippen molar-refractivity contribution in [2.75, 3.05) is 46.0 Å². The topological polar surface area (TPSA) is 54.0 Å². The van der Waals surface area contributed by atoms with Crippen LogP contribution in [-0.2, 0) is 9.47 Å². The Balaban J connectivity index is 1.51. The summed E-state index contributed by atoms with van der Waals surface area (Å²) >= 11 is 0. The Kier molecular flexibility index (Phi) is 5.85. The van der Waals surface area contributed by atoms with Gasteiger partial charge in [-0.25, -0.2) is 0 Å². The van der Waals surface area contributed by atoms with Gasteiger partial charge in [-0.1, -0.05) is 0 Å². The molecule has 1 saturated heterocycles. The first kappa shape index (κ1) is 14.2. The number of aliphatic hydroxyl groups excluding tert-OH is 1. The van der Waals surface area contributed by atoms with Crippen LogP contribution >= 0.6 is 0 Å². The molecule has 106 valence electrons. The van der Waals surface area contributed by atoms with E-state index in [9.17, 15) is 5.11 Å². The number of β-amino-alcohol motifs (C(OH)–C–C–N with tert-alkyl or cyclic N) is 1. The second-order valence-electron chi connectivity index (χ2n) is 5.22. The van der Waals surface area contributed by atoms with Crippen LogP contribution in [0.3, 0.4) is 0 Å². The maximum atomic E-state index is 9.96. The van der Waals surface area contributed by atoms with Crippen molar-refractivity contribution in [3.8, 4) is 0 Å². The molecule has 5 nitrogen and oxygen atoms in total. The SMILES string of the molecule is CCOC1CC(NCC(O)CN2CCOCC2)C1. The lowest BCUT2D eigenvalue weighted by atomic mass is 9.89. The van der Waals surface area contributed by atoms with Crippen LogP contribution in [0.25, 0.3) is 0 Å². The summed E-state index contributed by atoms with van der Waals surface area (Å²) in [5, 5.41) is 13.4. The molecule has 1 aliphatic carbocycles. The molecule has 0 aromatic rings. The molecule has 2 rings (SSSR count). The summed E-state index contributed by atoms with van der Waals surface area (Å²) < 4.78 is 10.8. The zero-order valence-electron chi connectivity index (χ0n) is 11.3. The Morgan fingerprint density at radius 2 is 2.11 bits per heavy atom. The van der Waals surface area contributed by atoms with Crippen LogP contribution in [0.2, 0.25) is 0 Å². The Labute approximate surface area is 109 Å². The molecule has 0 aromatic carbocycles. The van der Waals surface area contributed by atoms with E-state index < -0.39 is 0 Å². The van der Waals surface area contributed by atoms with Gasteiger partial charge in [0.15, 0.2) is 0 Å². The highest BCUT2D eigenvalue weighted by Crippen LogP contribution is 2.22. The normalized spacial score (nSPS) is 31.0. The van der Waals surface area contributed by atoms with Crippen LogP contribution in [0.15, 0.2) is 0 Å². The predicted octanol–water partition coefficient (Wildman–Crippen LogP) is -0.163. The van der Waals surface area contributed by atoms with Crippen molar-refractivity contribution >= 4 is 0 Å². The molecular weight excluding hydrogens is 232 g/mol. The molecule has 2 aliphatic rings. The minimum Gasteiger partial charge on any atom is -0.390 e. The van der Waals surface area contributed by atoms with E-state index in [1.165, 1.54) is 0 Å². The molecule has 2 N–H and O–H groups in total. The fourth-order valence-corrected chi connectivity index (χ4v) is 2.55. The minimum atomic E-state index is -0.283. The van der Waals surface area contributed by atoms with Gasteiger partial charge in [-0.15, -0.1) is 0 Å². The fourth-order valence-electron chi connectivity index (χ4n) is 2.55. The third-order valence-electron chi connectivity index (χ3n) is 3.71. The van der Waals surface area contributed by atoms with Gasteiger partial charge in [-0.3, -0.25) is 4.90 Å². The van der Waals surface area contributed by atoms with Crippen molar-refractivity contribution in [3.05, 3.63) is 0 Å². The van der Waals surface area contributed by atoms with Gasteiger partial charge in [0.1, 0.15) is 0 Å². The molecule has 1 heterocycles. The third kappa shape index (κ3) is 4.48. The third-order valence-corrected chi connectivity index (χ3v) is 3.71. The Hall–Kier alpha value is -0.200. The summed E-state index contributed by atoms with van der Waals surface area (Å²) in [6.07, 6.45) is 2.31. The molecule has 1 unspecified atom stereocenters. The summed E-state index contributed by atoms with van der Waals surface area (Å²) in [5.41, 5.74) is 0. The minimum absolute atomic E-state index is 0.283. The molecule has 0 amide bonds. The van der Waals surface area contributed by atoms with Crippen LogP contribution in [0, 0.1) is 0 Å². The van der Waals surface area contributed by atoms with Gasteiger partial charge in [-0.2, -0.15) is 0 Å². The van der Waals surface area contributed by atoms with E-state index >= 15 is 0 Å². The molecule has 1 atom stereocenters. The Bertz CT molecular complexity index is 228. The Morgan fingerprint density at radius 1 is 1.39 bits per heavy atom. The largest absolute Gasteiger partial charge is 0.390 e. The second kappa shape index (κ2) is 7.40. The van der Waals surface area contributed by atoms with Crippen LogP contribution in [0.4, 0.5) is 0 Å². The highest BCUT2D eigenvalue weighted by molar-refractivity contribution is 4.86. The van der Waals surface area contributed by atoms with Crippen molar-refractivity contribution in [1.29, 1.82) is 0 Å². The maximum absolute atomic E-state index is 9.96. The summed E-state index contributed by atoms with van der Waals surface area (Å²) in [6.45, 7) is 7.72. The number of nitrogens with one attached hydrogen (secondary N) is 1. The van der Waals surface area contributed by atoms with Crippen LogP contribution in [-0.4, -0.2) is 74.3 Å². The fraction of sp³-hybridized carbons (Fsp3) is 1.00. The lowest BCUT2D eigenvalue weighted by Crippen LogP contribution is -2.50. The van der Waals surface area contributed by atoms with Crippen molar-refractivity contribution in [1.82, 2.24) is 10.2 Å². The molecule has 0 aromatic heterocycles. The number of ether oxygens (including phenoxy) is 2. The molecule has 1 aliphatic heterocycles. The molecule has 0 bridgehead atoms. The van der Waals surface area contributed by atoms with E-state index in [0.29, 0.717) is 18.7 Å². The maximum Gasteiger partial charge on any atom is 0.0791 e. The van der Waals surface area contributed by atoms with E-state index in [-0.39, 0.29) is 6.10 Å².